The van der Waals surface area contributed by atoms with Crippen molar-refractivity contribution in [3.05, 3.63) is 212 Å². The van der Waals surface area contributed by atoms with Crippen molar-refractivity contribution in [2.45, 2.75) is 0 Å². The van der Waals surface area contributed by atoms with Crippen molar-refractivity contribution in [1.82, 2.24) is 0 Å². The van der Waals surface area contributed by atoms with E-state index in [1.165, 1.54) is 33.4 Å². The Labute approximate surface area is 330 Å². The molecule has 2 aromatic heterocycles. The van der Waals surface area contributed by atoms with Gasteiger partial charge in [0.05, 0.1) is 5.39 Å². The Balaban J connectivity index is 0.970. The van der Waals surface area contributed by atoms with Crippen LogP contribution in [0, 0.1) is 0 Å². The first-order valence-electron chi connectivity index (χ1n) is 19.3. The molecule has 9 aromatic carbocycles. The van der Waals surface area contributed by atoms with Crippen molar-refractivity contribution in [3.8, 4) is 44.5 Å². The van der Waals surface area contributed by atoms with E-state index in [0.717, 1.165) is 72.1 Å². The van der Waals surface area contributed by atoms with E-state index in [4.69, 9.17) is 8.83 Å². The molecule has 0 radical (unpaired) electrons. The van der Waals surface area contributed by atoms with Gasteiger partial charge in [0.1, 0.15) is 22.3 Å². The molecule has 0 fully saturated rings. The van der Waals surface area contributed by atoms with Gasteiger partial charge in [-0.3, -0.25) is 0 Å². The van der Waals surface area contributed by atoms with Crippen LogP contribution in [0.3, 0.4) is 0 Å². The highest BCUT2D eigenvalue weighted by Crippen LogP contribution is 2.43. The zero-order valence-electron chi connectivity index (χ0n) is 31.0. The lowest BCUT2D eigenvalue weighted by molar-refractivity contribution is 0.663. The molecule has 57 heavy (non-hydrogen) atoms. The second-order valence-corrected chi connectivity index (χ2v) is 14.5. The summed E-state index contributed by atoms with van der Waals surface area (Å²) in [6.45, 7) is 0. The van der Waals surface area contributed by atoms with Gasteiger partial charge in [-0.25, -0.2) is 0 Å². The number of hydrogen-bond donors (Lipinski definition) is 0. The van der Waals surface area contributed by atoms with E-state index in [9.17, 15) is 0 Å². The minimum absolute atomic E-state index is 0.833. The van der Waals surface area contributed by atoms with E-state index in [1.807, 2.05) is 18.2 Å². The summed E-state index contributed by atoms with van der Waals surface area (Å²) in [5, 5.41) is 4.26. The molecule has 0 amide bonds. The summed E-state index contributed by atoms with van der Waals surface area (Å²) in [5.41, 5.74) is 16.0. The van der Waals surface area contributed by atoms with Gasteiger partial charge in [0.15, 0.2) is 0 Å². The zero-order valence-corrected chi connectivity index (χ0v) is 31.0. The number of furan rings is 2. The van der Waals surface area contributed by atoms with Gasteiger partial charge in [-0.2, -0.15) is 0 Å². The first-order chi connectivity index (χ1) is 28.2. The second kappa shape index (κ2) is 13.6. The van der Waals surface area contributed by atoms with Crippen LogP contribution in [0.2, 0.25) is 0 Å². The Kier molecular flexibility index (Phi) is 7.82. The lowest BCUT2D eigenvalue weighted by atomic mass is 9.99. The van der Waals surface area contributed by atoms with Crippen LogP contribution < -0.4 is 4.90 Å². The summed E-state index contributed by atoms with van der Waals surface area (Å²) >= 11 is 0. The number of hydrogen-bond acceptors (Lipinski definition) is 3. The molecule has 0 saturated carbocycles. The van der Waals surface area contributed by atoms with Crippen LogP contribution in [0.25, 0.3) is 88.4 Å². The van der Waals surface area contributed by atoms with Crippen LogP contribution in [0.5, 0.6) is 0 Å². The van der Waals surface area contributed by atoms with Gasteiger partial charge in [-0.1, -0.05) is 158 Å². The zero-order chi connectivity index (χ0) is 37.7. The average Bonchev–Trinajstić information content (AvgIpc) is 3.87. The number of benzene rings is 9. The molecule has 11 rings (SSSR count). The molecular weight excluding hydrogens is 695 g/mol. The molecule has 0 spiro atoms. The molecule has 2 heterocycles. The molecule has 0 aliphatic rings. The summed E-state index contributed by atoms with van der Waals surface area (Å²) in [4.78, 5) is 2.32. The highest BCUT2D eigenvalue weighted by Gasteiger charge is 2.19. The maximum Gasteiger partial charge on any atom is 0.147 e. The Bertz CT molecular complexity index is 3180. The van der Waals surface area contributed by atoms with Crippen LogP contribution in [0.1, 0.15) is 0 Å². The van der Waals surface area contributed by atoms with Gasteiger partial charge in [0.25, 0.3) is 0 Å². The van der Waals surface area contributed by atoms with E-state index in [-0.39, 0.29) is 0 Å². The summed E-state index contributed by atoms with van der Waals surface area (Å²) in [7, 11) is 0. The quantitative estimate of drug-likeness (QED) is 0.164. The maximum atomic E-state index is 6.79. The van der Waals surface area contributed by atoms with Crippen molar-refractivity contribution in [2.75, 3.05) is 4.90 Å². The van der Waals surface area contributed by atoms with Crippen LogP contribution >= 0.6 is 0 Å². The lowest BCUT2D eigenvalue weighted by Gasteiger charge is -2.26. The normalized spacial score (nSPS) is 11.5. The number of fused-ring (bicyclic) bond motifs is 7. The predicted octanol–water partition coefficient (Wildman–Crippen LogP) is 15.6. The third kappa shape index (κ3) is 5.76. The average molecular weight is 730 g/mol. The molecule has 268 valence electrons. The molecular formula is C54H35NO2. The number of rotatable bonds is 7. The van der Waals surface area contributed by atoms with Crippen LogP contribution in [0.4, 0.5) is 17.1 Å². The Morgan fingerprint density at radius 3 is 1.26 bits per heavy atom. The van der Waals surface area contributed by atoms with Crippen LogP contribution in [-0.4, -0.2) is 0 Å². The standard InChI is InChI=1S/C54H35NO2/c1-3-10-36(11-4-1)38-18-20-39(21-19-38)41-24-30-44(31-25-41)55(43-28-22-40(23-29-43)37-12-5-2-6-13-37)45-32-26-42(27-33-45)46-15-9-16-47-48-34-35-51-52(54(48)57-53(46)47)49-14-7-8-17-50(49)56-51/h1-35H. The highest BCUT2D eigenvalue weighted by atomic mass is 16.3. The molecule has 0 unspecified atom stereocenters. The smallest absolute Gasteiger partial charge is 0.147 e. The minimum Gasteiger partial charge on any atom is -0.456 e. The Morgan fingerprint density at radius 1 is 0.263 bits per heavy atom. The molecule has 0 saturated heterocycles. The molecule has 0 atom stereocenters. The highest BCUT2D eigenvalue weighted by molar-refractivity contribution is 6.23. The van der Waals surface area contributed by atoms with Crippen molar-refractivity contribution in [1.29, 1.82) is 0 Å². The van der Waals surface area contributed by atoms with E-state index in [1.54, 1.807) is 0 Å². The first-order valence-corrected chi connectivity index (χ1v) is 19.3. The summed E-state index contributed by atoms with van der Waals surface area (Å²) in [6.07, 6.45) is 0. The van der Waals surface area contributed by atoms with E-state index in [2.05, 4.69) is 199 Å². The van der Waals surface area contributed by atoms with Crippen molar-refractivity contribution < 1.29 is 8.83 Å². The topological polar surface area (TPSA) is 29.5 Å². The van der Waals surface area contributed by atoms with Gasteiger partial charge in [-0.05, 0) is 93.5 Å². The fourth-order valence-corrected chi connectivity index (χ4v) is 8.25. The van der Waals surface area contributed by atoms with Crippen LogP contribution in [0.15, 0.2) is 221 Å². The van der Waals surface area contributed by atoms with Crippen LogP contribution in [-0.2, 0) is 0 Å². The SMILES string of the molecule is c1ccc(-c2ccc(-c3ccc(N(c4ccc(-c5ccccc5)cc4)c4ccc(-c5cccc6c5oc5c6ccc6oc7ccccc7c65)cc4)cc3)cc2)cc1. The fraction of sp³-hybridized carbons (Fsp3) is 0. The van der Waals surface area contributed by atoms with Crippen molar-refractivity contribution >= 4 is 60.9 Å². The van der Waals surface area contributed by atoms with E-state index in [0.29, 0.717) is 0 Å². The fourth-order valence-electron chi connectivity index (χ4n) is 8.25. The second-order valence-electron chi connectivity index (χ2n) is 14.5. The van der Waals surface area contributed by atoms with Gasteiger partial charge >= 0.3 is 0 Å². The number of para-hydroxylation sites is 2. The summed E-state index contributed by atoms with van der Waals surface area (Å²) in [6, 6.07) is 75.1. The molecule has 3 nitrogen and oxygen atoms in total. The first kappa shape index (κ1) is 32.8. The molecule has 11 aromatic rings. The molecule has 0 aliphatic carbocycles. The largest absolute Gasteiger partial charge is 0.456 e. The molecule has 0 N–H and O–H groups in total. The minimum atomic E-state index is 0.833. The van der Waals surface area contributed by atoms with Crippen molar-refractivity contribution in [3.63, 3.8) is 0 Å². The lowest BCUT2D eigenvalue weighted by Crippen LogP contribution is -2.09. The number of nitrogens with zero attached hydrogens (tertiary/aromatic N) is 1. The summed E-state index contributed by atoms with van der Waals surface area (Å²) < 4.78 is 13.0. The van der Waals surface area contributed by atoms with Gasteiger partial charge < -0.3 is 13.7 Å². The Morgan fingerprint density at radius 2 is 0.702 bits per heavy atom. The third-order valence-corrected chi connectivity index (χ3v) is 11.1. The number of anilines is 3. The molecule has 3 heteroatoms. The van der Waals surface area contributed by atoms with E-state index >= 15 is 0 Å². The third-order valence-electron chi connectivity index (χ3n) is 11.1. The monoisotopic (exact) mass is 729 g/mol. The summed E-state index contributed by atoms with van der Waals surface area (Å²) in [5.74, 6) is 0. The maximum absolute atomic E-state index is 6.79. The molecule has 0 bridgehead atoms. The van der Waals surface area contributed by atoms with E-state index < -0.39 is 0 Å². The van der Waals surface area contributed by atoms with Gasteiger partial charge in [0.2, 0.25) is 0 Å². The van der Waals surface area contributed by atoms with Crippen molar-refractivity contribution in [2.24, 2.45) is 0 Å². The predicted molar refractivity (Wildman–Crippen MR) is 237 cm³/mol. The molecule has 0 aliphatic heterocycles. The van der Waals surface area contributed by atoms with Gasteiger partial charge in [0, 0.05) is 38.8 Å². The van der Waals surface area contributed by atoms with Gasteiger partial charge in [-0.15, -0.1) is 0 Å². The Hall–Kier alpha value is -7.62.